The number of benzene rings is 6. The molecule has 6 nitrogen and oxygen atoms in total. The molecule has 0 bridgehead atoms. The van der Waals surface area contributed by atoms with E-state index in [-0.39, 0.29) is 0 Å². The molecule has 0 aliphatic heterocycles. The first-order chi connectivity index (χ1) is 26.3. The van der Waals surface area contributed by atoms with Crippen LogP contribution in [0.5, 0.6) is 0 Å². The van der Waals surface area contributed by atoms with Gasteiger partial charge in [0.15, 0.2) is 0 Å². The Bertz CT molecular complexity index is 2750. The summed E-state index contributed by atoms with van der Waals surface area (Å²) in [6.45, 7) is 2.23. The second-order valence-electron chi connectivity index (χ2n) is 13.2. The number of nitrogens with zero attached hydrogens (tertiary/aromatic N) is 6. The summed E-state index contributed by atoms with van der Waals surface area (Å²) in [5, 5.41) is 0. The van der Waals surface area contributed by atoms with Gasteiger partial charge < -0.3 is 0 Å². The topological polar surface area (TPSA) is 53.5 Å². The fourth-order valence-corrected chi connectivity index (χ4v) is 7.34. The highest BCUT2D eigenvalue weighted by atomic mass is 15.1. The molecule has 0 amide bonds. The molecule has 0 N–H and O–H groups in total. The van der Waals surface area contributed by atoms with E-state index in [1.165, 1.54) is 0 Å². The van der Waals surface area contributed by atoms with Crippen LogP contribution in [0.4, 0.5) is 0 Å². The highest BCUT2D eigenvalue weighted by Gasteiger charge is 2.20. The zero-order chi connectivity index (χ0) is 35.6. The molecule has 6 heteroatoms. The van der Waals surface area contributed by atoms with E-state index in [9.17, 15) is 0 Å². The molecule has 0 aliphatic rings. The SMILES string of the molecule is CCC/C(=C\C(=C/Cc1nc2ccccc2n1-c1ccccc1)c1nc2ccccc2n1-c1ccccc1)c1nc2ccccc2n1-c1ccccc1. The molecular weight excluding hydrogens is 649 g/mol. The Balaban J connectivity index is 1.30. The summed E-state index contributed by atoms with van der Waals surface area (Å²) in [4.78, 5) is 15.8. The van der Waals surface area contributed by atoms with Crippen LogP contribution >= 0.6 is 0 Å². The summed E-state index contributed by atoms with van der Waals surface area (Å²) >= 11 is 0. The van der Waals surface area contributed by atoms with Crippen molar-refractivity contribution >= 4 is 44.2 Å². The fourth-order valence-electron chi connectivity index (χ4n) is 7.34. The molecule has 0 radical (unpaired) electrons. The van der Waals surface area contributed by atoms with Gasteiger partial charge in [-0.05, 0) is 90.9 Å². The van der Waals surface area contributed by atoms with Crippen LogP contribution in [0, 0.1) is 0 Å². The van der Waals surface area contributed by atoms with Gasteiger partial charge in [-0.2, -0.15) is 0 Å². The van der Waals surface area contributed by atoms with Gasteiger partial charge in [0.2, 0.25) is 0 Å². The van der Waals surface area contributed by atoms with Gasteiger partial charge >= 0.3 is 0 Å². The number of rotatable bonds is 10. The summed E-state index contributed by atoms with van der Waals surface area (Å²) in [6, 6.07) is 56.7. The smallest absolute Gasteiger partial charge is 0.145 e. The lowest BCUT2D eigenvalue weighted by atomic mass is 10.0. The van der Waals surface area contributed by atoms with Gasteiger partial charge in [-0.15, -0.1) is 0 Å². The predicted molar refractivity (Wildman–Crippen MR) is 218 cm³/mol. The largest absolute Gasteiger partial charge is 0.296 e. The lowest BCUT2D eigenvalue weighted by Crippen LogP contribution is -2.04. The van der Waals surface area contributed by atoms with Crippen molar-refractivity contribution in [2.45, 2.75) is 26.2 Å². The zero-order valence-electron chi connectivity index (χ0n) is 29.5. The average Bonchev–Trinajstić information content (AvgIpc) is 3.92. The third-order valence-electron chi connectivity index (χ3n) is 9.69. The first-order valence-corrected chi connectivity index (χ1v) is 18.3. The van der Waals surface area contributed by atoms with E-state index in [4.69, 9.17) is 15.0 Å². The minimum absolute atomic E-state index is 0.585. The van der Waals surface area contributed by atoms with Gasteiger partial charge in [0.05, 0.1) is 33.1 Å². The molecule has 3 heterocycles. The van der Waals surface area contributed by atoms with E-state index in [0.717, 1.165) is 91.6 Å². The number of imidazole rings is 3. The first kappa shape index (κ1) is 32.1. The van der Waals surface area contributed by atoms with Crippen LogP contribution in [0.2, 0.25) is 0 Å². The Morgan fingerprint density at radius 2 is 0.887 bits per heavy atom. The van der Waals surface area contributed by atoms with Crippen LogP contribution in [-0.2, 0) is 6.42 Å². The molecule has 9 rings (SSSR count). The lowest BCUT2D eigenvalue weighted by Gasteiger charge is -2.15. The maximum Gasteiger partial charge on any atom is 0.145 e. The monoisotopic (exact) mass is 686 g/mol. The molecule has 0 saturated carbocycles. The number of aromatic nitrogens is 6. The standard InChI is InChI=1S/C47H38N6/c1-2-18-34(46-49-40-26-13-16-29-43(40)52(46)37-21-8-4-9-22-37)33-35(47-50-41-27-14-17-30-44(41)53(47)38-23-10-5-11-24-38)31-32-45-48-39-25-12-15-28-42(39)51(45)36-19-6-3-7-20-36/h3-17,19-31,33H,2,18,32H2,1H3/b34-33+,35-31+. The Kier molecular flexibility index (Phi) is 8.54. The minimum atomic E-state index is 0.585. The molecule has 0 saturated heterocycles. The molecular formula is C47H38N6. The van der Waals surface area contributed by atoms with Gasteiger partial charge in [-0.3, -0.25) is 13.7 Å². The number of allylic oxidation sites excluding steroid dienone is 4. The van der Waals surface area contributed by atoms with E-state index in [2.05, 4.69) is 197 Å². The zero-order valence-corrected chi connectivity index (χ0v) is 29.5. The van der Waals surface area contributed by atoms with Crippen LogP contribution < -0.4 is 0 Å². The van der Waals surface area contributed by atoms with Crippen molar-refractivity contribution in [3.63, 3.8) is 0 Å². The number of para-hydroxylation sites is 9. The van der Waals surface area contributed by atoms with E-state index >= 15 is 0 Å². The van der Waals surface area contributed by atoms with Crippen molar-refractivity contribution in [2.75, 3.05) is 0 Å². The van der Waals surface area contributed by atoms with Crippen LogP contribution in [0.1, 0.15) is 37.2 Å². The van der Waals surface area contributed by atoms with Crippen molar-refractivity contribution in [1.29, 1.82) is 0 Å². The third kappa shape index (κ3) is 6.04. The highest BCUT2D eigenvalue weighted by Crippen LogP contribution is 2.34. The highest BCUT2D eigenvalue weighted by molar-refractivity contribution is 5.90. The van der Waals surface area contributed by atoms with Gasteiger partial charge in [0.25, 0.3) is 0 Å². The second-order valence-corrected chi connectivity index (χ2v) is 13.2. The molecule has 0 aliphatic carbocycles. The maximum atomic E-state index is 5.35. The molecule has 0 fully saturated rings. The Hall–Kier alpha value is -6.79. The normalized spacial score (nSPS) is 12.3. The van der Waals surface area contributed by atoms with E-state index < -0.39 is 0 Å². The number of hydrogen-bond donors (Lipinski definition) is 0. The maximum absolute atomic E-state index is 5.35. The Morgan fingerprint density at radius 3 is 1.42 bits per heavy atom. The Labute approximate surface area is 308 Å². The van der Waals surface area contributed by atoms with Gasteiger partial charge in [-0.25, -0.2) is 15.0 Å². The third-order valence-corrected chi connectivity index (χ3v) is 9.69. The van der Waals surface area contributed by atoms with Crippen molar-refractivity contribution in [3.05, 3.63) is 193 Å². The van der Waals surface area contributed by atoms with Crippen LogP contribution in [0.25, 0.3) is 61.3 Å². The minimum Gasteiger partial charge on any atom is -0.296 e. The molecule has 256 valence electrons. The summed E-state index contributed by atoms with van der Waals surface area (Å²) in [6.07, 6.45) is 6.99. The second kappa shape index (κ2) is 14.1. The fraction of sp³-hybridized carbons (Fsp3) is 0.0851. The van der Waals surface area contributed by atoms with Gasteiger partial charge in [-0.1, -0.05) is 110 Å². The van der Waals surface area contributed by atoms with E-state index in [1.54, 1.807) is 0 Å². The molecule has 3 aromatic heterocycles. The molecule has 9 aromatic rings. The summed E-state index contributed by atoms with van der Waals surface area (Å²) in [7, 11) is 0. The van der Waals surface area contributed by atoms with Gasteiger partial charge in [0.1, 0.15) is 17.5 Å². The van der Waals surface area contributed by atoms with Crippen molar-refractivity contribution in [3.8, 4) is 17.1 Å². The number of fused-ring (bicyclic) bond motifs is 3. The average molecular weight is 687 g/mol. The summed E-state index contributed by atoms with van der Waals surface area (Å²) in [5.41, 5.74) is 11.5. The van der Waals surface area contributed by atoms with Crippen LogP contribution in [-0.4, -0.2) is 28.7 Å². The van der Waals surface area contributed by atoms with Crippen molar-refractivity contribution in [2.24, 2.45) is 0 Å². The van der Waals surface area contributed by atoms with E-state index in [0.29, 0.717) is 6.42 Å². The Morgan fingerprint density at radius 1 is 0.472 bits per heavy atom. The van der Waals surface area contributed by atoms with Crippen LogP contribution in [0.15, 0.2) is 176 Å². The first-order valence-electron chi connectivity index (χ1n) is 18.3. The predicted octanol–water partition coefficient (Wildman–Crippen LogP) is 11.2. The van der Waals surface area contributed by atoms with E-state index in [1.807, 2.05) is 0 Å². The lowest BCUT2D eigenvalue weighted by molar-refractivity contribution is 0.937. The molecule has 53 heavy (non-hydrogen) atoms. The van der Waals surface area contributed by atoms with Gasteiger partial charge in [0, 0.05) is 29.1 Å². The van der Waals surface area contributed by atoms with Crippen molar-refractivity contribution in [1.82, 2.24) is 28.7 Å². The summed E-state index contributed by atoms with van der Waals surface area (Å²) < 4.78 is 6.85. The van der Waals surface area contributed by atoms with Crippen LogP contribution in [0.3, 0.4) is 0 Å². The van der Waals surface area contributed by atoms with Crippen molar-refractivity contribution < 1.29 is 0 Å². The molecule has 6 aromatic carbocycles. The summed E-state index contributed by atoms with van der Waals surface area (Å²) in [5.74, 6) is 2.76. The molecule has 0 spiro atoms. The number of hydrogen-bond acceptors (Lipinski definition) is 3. The molecule has 0 unspecified atom stereocenters. The quantitative estimate of drug-likeness (QED) is 0.135. The molecule has 0 atom stereocenters.